The van der Waals surface area contributed by atoms with Crippen LogP contribution in [0.1, 0.15) is 16.7 Å². The van der Waals surface area contributed by atoms with Crippen molar-refractivity contribution in [2.75, 3.05) is 0 Å². The van der Waals surface area contributed by atoms with Gasteiger partial charge < -0.3 is 9.15 Å². The second-order valence-corrected chi connectivity index (χ2v) is 7.28. The van der Waals surface area contributed by atoms with Gasteiger partial charge in [-0.2, -0.15) is 0 Å². The van der Waals surface area contributed by atoms with E-state index >= 15 is 0 Å². The number of rotatable bonds is 4. The normalized spacial score (nSPS) is 11.0. The molecule has 0 fully saturated rings. The molecular weight excluding hydrogens is 391 g/mol. The zero-order valence-electron chi connectivity index (χ0n) is 16.0. The van der Waals surface area contributed by atoms with E-state index in [0.29, 0.717) is 22.3 Å². The fourth-order valence-electron chi connectivity index (χ4n) is 3.16. The summed E-state index contributed by atoms with van der Waals surface area (Å²) >= 11 is 6.10. The molecule has 3 nitrogen and oxygen atoms in total. The highest BCUT2D eigenvalue weighted by Crippen LogP contribution is 2.32. The highest BCUT2D eigenvalue weighted by atomic mass is 35.5. The van der Waals surface area contributed by atoms with Crippen LogP contribution in [-0.2, 0) is 6.61 Å². The molecule has 5 heteroatoms. The predicted octanol–water partition coefficient (Wildman–Crippen LogP) is 6.45. The van der Waals surface area contributed by atoms with E-state index in [-0.39, 0.29) is 28.4 Å². The van der Waals surface area contributed by atoms with Gasteiger partial charge in [0.1, 0.15) is 18.0 Å². The van der Waals surface area contributed by atoms with Gasteiger partial charge in [0.25, 0.3) is 0 Å². The van der Waals surface area contributed by atoms with Gasteiger partial charge in [0.15, 0.2) is 5.76 Å². The average Bonchev–Trinajstić information content (AvgIpc) is 2.71. The second kappa shape index (κ2) is 7.72. The highest BCUT2D eigenvalue weighted by Gasteiger charge is 2.19. The molecule has 3 aromatic carbocycles. The summed E-state index contributed by atoms with van der Waals surface area (Å²) in [5.74, 6) is -0.152. The van der Waals surface area contributed by atoms with Crippen LogP contribution in [-0.4, -0.2) is 0 Å². The minimum Gasteiger partial charge on any atom is -0.481 e. The molecule has 0 unspecified atom stereocenters. The third-order valence-electron chi connectivity index (χ3n) is 4.92. The Balaban J connectivity index is 1.90. The van der Waals surface area contributed by atoms with Crippen molar-refractivity contribution in [1.82, 2.24) is 0 Å². The van der Waals surface area contributed by atoms with Gasteiger partial charge >= 0.3 is 0 Å². The zero-order chi connectivity index (χ0) is 20.5. The summed E-state index contributed by atoms with van der Waals surface area (Å²) in [6.07, 6.45) is 0. The minimum absolute atomic E-state index is 0.0336. The van der Waals surface area contributed by atoms with E-state index in [4.69, 9.17) is 20.8 Å². The van der Waals surface area contributed by atoms with E-state index in [9.17, 15) is 9.18 Å². The first kappa shape index (κ1) is 19.2. The van der Waals surface area contributed by atoms with Crippen molar-refractivity contribution in [2.45, 2.75) is 20.5 Å². The van der Waals surface area contributed by atoms with Gasteiger partial charge in [-0.15, -0.1) is 0 Å². The summed E-state index contributed by atoms with van der Waals surface area (Å²) in [6.45, 7) is 3.70. The summed E-state index contributed by atoms with van der Waals surface area (Å²) in [5, 5.41) is 0.658. The van der Waals surface area contributed by atoms with Gasteiger partial charge in [0.05, 0.1) is 10.4 Å². The first-order valence-corrected chi connectivity index (χ1v) is 9.52. The lowest BCUT2D eigenvalue weighted by atomic mass is 10.0. The number of ether oxygens (including phenoxy) is 1. The molecule has 0 saturated heterocycles. The standard InChI is InChI=1S/C24H18ClFO3/c1-14-11-17-21(12-15(14)2)29-23(16-7-4-3-5-8-16)24(22(17)27)28-13-18-19(25)9-6-10-20(18)26/h3-12H,13H2,1-2H3. The van der Waals surface area contributed by atoms with Crippen LogP contribution in [0.4, 0.5) is 4.39 Å². The van der Waals surface area contributed by atoms with Crippen molar-refractivity contribution in [1.29, 1.82) is 0 Å². The van der Waals surface area contributed by atoms with Crippen molar-refractivity contribution < 1.29 is 13.5 Å². The van der Waals surface area contributed by atoms with Gasteiger partial charge in [0.2, 0.25) is 11.2 Å². The first-order chi connectivity index (χ1) is 14.0. The first-order valence-electron chi connectivity index (χ1n) is 9.15. The number of halogens is 2. The zero-order valence-corrected chi connectivity index (χ0v) is 16.7. The van der Waals surface area contributed by atoms with Crippen LogP contribution >= 0.6 is 11.6 Å². The highest BCUT2D eigenvalue weighted by molar-refractivity contribution is 6.31. The minimum atomic E-state index is -0.490. The Morgan fingerprint density at radius 1 is 1.00 bits per heavy atom. The molecule has 4 aromatic rings. The van der Waals surface area contributed by atoms with Gasteiger partial charge in [-0.3, -0.25) is 4.79 Å². The Labute approximate surface area is 172 Å². The summed E-state index contributed by atoms with van der Waals surface area (Å²) in [7, 11) is 0. The van der Waals surface area contributed by atoms with E-state index in [1.165, 1.54) is 12.1 Å². The molecule has 0 bridgehead atoms. The van der Waals surface area contributed by atoms with Crippen molar-refractivity contribution in [3.8, 4) is 17.1 Å². The Morgan fingerprint density at radius 2 is 1.72 bits per heavy atom. The largest absolute Gasteiger partial charge is 0.481 e. The maximum absolute atomic E-state index is 14.2. The number of fused-ring (bicyclic) bond motifs is 1. The number of aryl methyl sites for hydroxylation is 2. The van der Waals surface area contributed by atoms with Crippen LogP contribution in [0, 0.1) is 19.7 Å². The van der Waals surface area contributed by atoms with E-state index in [2.05, 4.69) is 0 Å². The summed E-state index contributed by atoms with van der Waals surface area (Å²) in [6, 6.07) is 17.2. The molecule has 0 aliphatic heterocycles. The Bertz CT molecular complexity index is 1240. The smallest absolute Gasteiger partial charge is 0.235 e. The molecule has 0 spiro atoms. The van der Waals surface area contributed by atoms with Crippen molar-refractivity contribution in [3.05, 3.63) is 98.4 Å². The molecule has 1 heterocycles. The quantitative estimate of drug-likeness (QED) is 0.389. The van der Waals surface area contributed by atoms with Gasteiger partial charge in [-0.1, -0.05) is 48.0 Å². The van der Waals surface area contributed by atoms with Crippen LogP contribution in [0.3, 0.4) is 0 Å². The second-order valence-electron chi connectivity index (χ2n) is 6.88. The van der Waals surface area contributed by atoms with Crippen LogP contribution in [0.5, 0.6) is 5.75 Å². The predicted molar refractivity (Wildman–Crippen MR) is 113 cm³/mol. The van der Waals surface area contributed by atoms with E-state index < -0.39 is 5.82 Å². The van der Waals surface area contributed by atoms with Gasteiger partial charge in [0, 0.05) is 11.1 Å². The van der Waals surface area contributed by atoms with Crippen molar-refractivity contribution in [2.24, 2.45) is 0 Å². The van der Waals surface area contributed by atoms with Crippen LogP contribution < -0.4 is 10.2 Å². The molecule has 0 saturated carbocycles. The molecular formula is C24H18ClFO3. The van der Waals surface area contributed by atoms with Gasteiger partial charge in [-0.05, 0) is 49.2 Å². The number of hydrogen-bond donors (Lipinski definition) is 0. The van der Waals surface area contributed by atoms with Crippen LogP contribution in [0.15, 0.2) is 69.9 Å². The van der Waals surface area contributed by atoms with E-state index in [0.717, 1.165) is 11.1 Å². The summed E-state index contributed by atoms with van der Waals surface area (Å²) in [5.41, 5.74) is 3.05. The molecule has 1 aromatic heterocycles. The lowest BCUT2D eigenvalue weighted by Gasteiger charge is -2.13. The maximum Gasteiger partial charge on any atom is 0.235 e. The molecule has 0 radical (unpaired) electrons. The maximum atomic E-state index is 14.2. The van der Waals surface area contributed by atoms with Crippen molar-refractivity contribution >= 4 is 22.6 Å². The fourth-order valence-corrected chi connectivity index (χ4v) is 3.38. The molecule has 0 aliphatic rings. The summed E-state index contributed by atoms with van der Waals surface area (Å²) < 4.78 is 26.1. The van der Waals surface area contributed by atoms with E-state index in [1.807, 2.05) is 50.2 Å². The third-order valence-corrected chi connectivity index (χ3v) is 5.28. The fraction of sp³-hybridized carbons (Fsp3) is 0.125. The SMILES string of the molecule is Cc1cc2oc(-c3ccccc3)c(OCc3c(F)cccc3Cl)c(=O)c2cc1C. The monoisotopic (exact) mass is 408 g/mol. The topological polar surface area (TPSA) is 39.4 Å². The van der Waals surface area contributed by atoms with E-state index in [1.54, 1.807) is 12.1 Å². The lowest BCUT2D eigenvalue weighted by Crippen LogP contribution is -2.11. The molecule has 0 amide bonds. The molecule has 29 heavy (non-hydrogen) atoms. The van der Waals surface area contributed by atoms with Crippen LogP contribution in [0.25, 0.3) is 22.3 Å². The Kier molecular flexibility index (Phi) is 5.12. The molecule has 4 rings (SSSR count). The Hall–Kier alpha value is -3.11. The third kappa shape index (κ3) is 3.64. The lowest BCUT2D eigenvalue weighted by molar-refractivity contribution is 0.292. The Morgan fingerprint density at radius 3 is 2.45 bits per heavy atom. The molecule has 0 aliphatic carbocycles. The molecule has 0 atom stereocenters. The molecule has 0 N–H and O–H groups in total. The summed E-state index contributed by atoms with van der Waals surface area (Å²) in [4.78, 5) is 13.3. The average molecular weight is 409 g/mol. The van der Waals surface area contributed by atoms with Gasteiger partial charge in [-0.25, -0.2) is 4.39 Å². The van der Waals surface area contributed by atoms with Crippen molar-refractivity contribution in [3.63, 3.8) is 0 Å². The molecule has 146 valence electrons. The number of hydrogen-bond acceptors (Lipinski definition) is 3. The van der Waals surface area contributed by atoms with Crippen LogP contribution in [0.2, 0.25) is 5.02 Å². The number of benzene rings is 3.